The number of amides is 1. The van der Waals surface area contributed by atoms with Crippen molar-refractivity contribution in [1.82, 2.24) is 9.88 Å². The van der Waals surface area contributed by atoms with E-state index in [1.807, 2.05) is 45.0 Å². The maximum atomic E-state index is 12.9. The molecule has 1 heterocycles. The third-order valence-electron chi connectivity index (χ3n) is 3.34. The predicted molar refractivity (Wildman–Crippen MR) is 87.7 cm³/mol. The molecular weight excluding hydrogens is 284 g/mol. The van der Waals surface area contributed by atoms with Crippen molar-refractivity contribution < 1.29 is 4.79 Å². The van der Waals surface area contributed by atoms with Crippen LogP contribution >= 0.6 is 11.6 Å². The fourth-order valence-corrected chi connectivity index (χ4v) is 2.48. The van der Waals surface area contributed by atoms with Crippen molar-refractivity contribution in [1.29, 1.82) is 0 Å². The molecule has 0 saturated carbocycles. The molecule has 1 amide bonds. The highest BCUT2D eigenvalue weighted by atomic mass is 35.5. The Labute approximate surface area is 130 Å². The molecule has 1 aromatic heterocycles. The summed E-state index contributed by atoms with van der Waals surface area (Å²) in [5.74, 6) is -0.0669. The number of hydrogen-bond donors (Lipinski definition) is 0. The lowest BCUT2D eigenvalue weighted by atomic mass is 10.0. The zero-order valence-electron chi connectivity index (χ0n) is 12.6. The van der Waals surface area contributed by atoms with Crippen LogP contribution in [-0.4, -0.2) is 27.9 Å². The SMILES string of the molecule is C=CCN(C(=O)c1cnc(Cl)c2ccccc12)C(C)(C)C. The molecule has 0 fully saturated rings. The molecule has 0 saturated heterocycles. The minimum Gasteiger partial charge on any atom is -0.330 e. The Morgan fingerprint density at radius 1 is 1.33 bits per heavy atom. The first kappa shape index (κ1) is 15.5. The molecule has 0 N–H and O–H groups in total. The van der Waals surface area contributed by atoms with Gasteiger partial charge in [0.15, 0.2) is 0 Å². The summed E-state index contributed by atoms with van der Waals surface area (Å²) in [5, 5.41) is 2.02. The highest BCUT2D eigenvalue weighted by molar-refractivity contribution is 6.34. The molecule has 21 heavy (non-hydrogen) atoms. The van der Waals surface area contributed by atoms with Gasteiger partial charge in [-0.3, -0.25) is 4.79 Å². The maximum absolute atomic E-state index is 12.9. The van der Waals surface area contributed by atoms with E-state index < -0.39 is 0 Å². The van der Waals surface area contributed by atoms with E-state index in [0.29, 0.717) is 17.3 Å². The van der Waals surface area contributed by atoms with Crippen molar-refractivity contribution in [2.45, 2.75) is 26.3 Å². The van der Waals surface area contributed by atoms with Gasteiger partial charge in [0.1, 0.15) is 5.15 Å². The Morgan fingerprint density at radius 2 is 1.95 bits per heavy atom. The molecule has 0 bridgehead atoms. The van der Waals surface area contributed by atoms with Crippen molar-refractivity contribution in [2.75, 3.05) is 6.54 Å². The van der Waals surface area contributed by atoms with Gasteiger partial charge in [0.25, 0.3) is 5.91 Å². The van der Waals surface area contributed by atoms with Gasteiger partial charge in [-0.25, -0.2) is 4.98 Å². The van der Waals surface area contributed by atoms with Gasteiger partial charge in [0, 0.05) is 23.7 Å². The third kappa shape index (κ3) is 3.08. The summed E-state index contributed by atoms with van der Waals surface area (Å²) in [7, 11) is 0. The predicted octanol–water partition coefficient (Wildman–Crippen LogP) is 4.31. The summed E-state index contributed by atoms with van der Waals surface area (Å²) >= 11 is 6.11. The van der Waals surface area contributed by atoms with Gasteiger partial charge in [-0.15, -0.1) is 6.58 Å². The molecular formula is C17H19ClN2O. The number of carbonyl (C=O) groups excluding carboxylic acids is 1. The van der Waals surface area contributed by atoms with Crippen LogP contribution in [0.25, 0.3) is 10.8 Å². The standard InChI is InChI=1S/C17H19ClN2O/c1-5-10-20(17(2,3)4)16(21)14-11-19-15(18)13-9-7-6-8-12(13)14/h5-9,11H,1,10H2,2-4H3. The highest BCUT2D eigenvalue weighted by Gasteiger charge is 2.27. The van der Waals surface area contributed by atoms with E-state index in [9.17, 15) is 4.79 Å². The fourth-order valence-electron chi connectivity index (χ4n) is 2.26. The number of carbonyl (C=O) groups is 1. The van der Waals surface area contributed by atoms with E-state index in [1.54, 1.807) is 17.2 Å². The molecule has 0 spiro atoms. The number of pyridine rings is 1. The zero-order valence-corrected chi connectivity index (χ0v) is 13.3. The molecule has 0 radical (unpaired) electrons. The molecule has 1 aromatic carbocycles. The molecule has 110 valence electrons. The smallest absolute Gasteiger partial charge is 0.256 e. The summed E-state index contributed by atoms with van der Waals surface area (Å²) < 4.78 is 0. The Morgan fingerprint density at radius 3 is 2.52 bits per heavy atom. The van der Waals surface area contributed by atoms with Crippen molar-refractivity contribution in [3.8, 4) is 0 Å². The monoisotopic (exact) mass is 302 g/mol. The summed E-state index contributed by atoms with van der Waals surface area (Å²) in [6.07, 6.45) is 3.28. The van der Waals surface area contributed by atoms with E-state index in [2.05, 4.69) is 11.6 Å². The van der Waals surface area contributed by atoms with Crippen LogP contribution < -0.4 is 0 Å². The summed E-state index contributed by atoms with van der Waals surface area (Å²) in [5.41, 5.74) is 0.262. The van der Waals surface area contributed by atoms with E-state index in [1.165, 1.54) is 0 Å². The lowest BCUT2D eigenvalue weighted by molar-refractivity contribution is 0.0618. The number of rotatable bonds is 3. The van der Waals surface area contributed by atoms with Crippen LogP contribution in [0, 0.1) is 0 Å². The van der Waals surface area contributed by atoms with Crippen molar-refractivity contribution in [2.24, 2.45) is 0 Å². The second-order valence-electron chi connectivity index (χ2n) is 5.88. The number of aromatic nitrogens is 1. The van der Waals surface area contributed by atoms with Gasteiger partial charge in [-0.2, -0.15) is 0 Å². The Balaban J connectivity index is 2.58. The van der Waals surface area contributed by atoms with Crippen molar-refractivity contribution in [3.05, 3.63) is 53.8 Å². The summed E-state index contributed by atoms with van der Waals surface area (Å²) in [6, 6.07) is 7.54. The molecule has 2 rings (SSSR count). The molecule has 4 heteroatoms. The number of hydrogen-bond acceptors (Lipinski definition) is 2. The molecule has 2 aromatic rings. The third-order valence-corrected chi connectivity index (χ3v) is 3.64. The first-order valence-electron chi connectivity index (χ1n) is 6.82. The zero-order chi connectivity index (χ0) is 15.6. The minimum absolute atomic E-state index is 0.0669. The van der Waals surface area contributed by atoms with Crippen LogP contribution in [0.15, 0.2) is 43.1 Å². The van der Waals surface area contributed by atoms with Crippen LogP contribution in [0.1, 0.15) is 31.1 Å². The van der Waals surface area contributed by atoms with Gasteiger partial charge < -0.3 is 4.90 Å². The molecule has 0 aliphatic rings. The second kappa shape index (κ2) is 5.86. The molecule has 0 aliphatic heterocycles. The number of benzene rings is 1. The van der Waals surface area contributed by atoms with Gasteiger partial charge >= 0.3 is 0 Å². The van der Waals surface area contributed by atoms with E-state index in [0.717, 1.165) is 10.8 Å². The quantitative estimate of drug-likeness (QED) is 0.625. The largest absolute Gasteiger partial charge is 0.330 e. The fraction of sp³-hybridized carbons (Fsp3) is 0.294. The Hall–Kier alpha value is -1.87. The van der Waals surface area contributed by atoms with Gasteiger partial charge in [-0.1, -0.05) is 41.9 Å². The van der Waals surface area contributed by atoms with Crippen LogP contribution in [-0.2, 0) is 0 Å². The molecule has 0 unspecified atom stereocenters. The maximum Gasteiger partial charge on any atom is 0.256 e. The molecule has 3 nitrogen and oxygen atoms in total. The van der Waals surface area contributed by atoms with Crippen LogP contribution in [0.5, 0.6) is 0 Å². The topological polar surface area (TPSA) is 33.2 Å². The lowest BCUT2D eigenvalue weighted by Gasteiger charge is -2.35. The second-order valence-corrected chi connectivity index (χ2v) is 6.24. The van der Waals surface area contributed by atoms with Gasteiger partial charge in [0.2, 0.25) is 0 Å². The Bertz CT molecular complexity index is 689. The molecule has 0 aliphatic carbocycles. The normalized spacial score (nSPS) is 11.4. The van der Waals surface area contributed by atoms with Crippen molar-refractivity contribution in [3.63, 3.8) is 0 Å². The molecule has 0 atom stereocenters. The van der Waals surface area contributed by atoms with Gasteiger partial charge in [0.05, 0.1) is 5.56 Å². The van der Waals surface area contributed by atoms with Gasteiger partial charge in [-0.05, 0) is 26.2 Å². The van der Waals surface area contributed by atoms with Crippen LogP contribution in [0.4, 0.5) is 0 Å². The van der Waals surface area contributed by atoms with Crippen LogP contribution in [0.3, 0.4) is 0 Å². The average Bonchev–Trinajstić information content (AvgIpc) is 2.43. The van der Waals surface area contributed by atoms with Crippen LogP contribution in [0.2, 0.25) is 5.15 Å². The first-order valence-corrected chi connectivity index (χ1v) is 7.20. The lowest BCUT2D eigenvalue weighted by Crippen LogP contribution is -2.45. The van der Waals surface area contributed by atoms with E-state index >= 15 is 0 Å². The van der Waals surface area contributed by atoms with E-state index in [-0.39, 0.29) is 11.4 Å². The minimum atomic E-state index is -0.300. The first-order chi connectivity index (χ1) is 9.86. The number of nitrogens with zero attached hydrogens (tertiary/aromatic N) is 2. The summed E-state index contributed by atoms with van der Waals surface area (Å²) in [6.45, 7) is 10.2. The van der Waals surface area contributed by atoms with Crippen molar-refractivity contribution >= 4 is 28.3 Å². The summed E-state index contributed by atoms with van der Waals surface area (Å²) in [4.78, 5) is 18.8. The average molecular weight is 303 g/mol. The number of fused-ring (bicyclic) bond motifs is 1. The highest BCUT2D eigenvalue weighted by Crippen LogP contribution is 2.26. The Kier molecular flexibility index (Phi) is 4.33. The number of halogens is 1. The van der Waals surface area contributed by atoms with E-state index in [4.69, 9.17) is 11.6 Å².